The lowest BCUT2D eigenvalue weighted by atomic mass is 10.0. The average molecular weight is 274 g/mol. The number of hydrogen-bond acceptors (Lipinski definition) is 3. The number of carbonyl (C=O) groups excluding carboxylic acids is 2. The molecule has 4 nitrogen and oxygen atoms in total. The standard InChI is InChI=1S/C16H22N2O2/c1-10(2)18-15(19)9-14(16(18)20)17-12(4)13-8-6-5-7-11(13)3/h5-8,10,12,14,17H,9H2,1-4H3. The Hall–Kier alpha value is -1.68. The molecule has 1 aromatic rings. The number of hydrogen-bond donors (Lipinski definition) is 1. The quantitative estimate of drug-likeness (QED) is 0.856. The van der Waals surface area contributed by atoms with E-state index in [0.717, 1.165) is 5.56 Å². The average Bonchev–Trinajstić information content (AvgIpc) is 2.64. The highest BCUT2D eigenvalue weighted by atomic mass is 16.2. The Morgan fingerprint density at radius 2 is 1.85 bits per heavy atom. The maximum absolute atomic E-state index is 12.3. The first-order chi connectivity index (χ1) is 9.41. The van der Waals surface area contributed by atoms with Gasteiger partial charge in [-0.2, -0.15) is 0 Å². The number of benzene rings is 1. The summed E-state index contributed by atoms with van der Waals surface area (Å²) in [5.74, 6) is -0.190. The van der Waals surface area contributed by atoms with Gasteiger partial charge in [-0.1, -0.05) is 24.3 Å². The lowest BCUT2D eigenvalue weighted by Gasteiger charge is -2.22. The third kappa shape index (κ3) is 2.75. The van der Waals surface area contributed by atoms with Gasteiger partial charge in [-0.15, -0.1) is 0 Å². The summed E-state index contributed by atoms with van der Waals surface area (Å²) in [5, 5.41) is 3.29. The van der Waals surface area contributed by atoms with Crippen LogP contribution in [-0.2, 0) is 9.59 Å². The van der Waals surface area contributed by atoms with Crippen LogP contribution in [0.5, 0.6) is 0 Å². The zero-order chi connectivity index (χ0) is 14.9. The van der Waals surface area contributed by atoms with Crippen LogP contribution < -0.4 is 5.32 Å². The first kappa shape index (κ1) is 14.7. The van der Waals surface area contributed by atoms with E-state index < -0.39 is 6.04 Å². The van der Waals surface area contributed by atoms with Gasteiger partial charge in [-0.05, 0) is 38.8 Å². The number of nitrogens with one attached hydrogen (secondary N) is 1. The van der Waals surface area contributed by atoms with Gasteiger partial charge in [-0.25, -0.2) is 0 Å². The predicted molar refractivity (Wildman–Crippen MR) is 78.1 cm³/mol. The van der Waals surface area contributed by atoms with Crippen molar-refractivity contribution in [3.63, 3.8) is 0 Å². The first-order valence-electron chi connectivity index (χ1n) is 7.09. The molecule has 1 saturated heterocycles. The van der Waals surface area contributed by atoms with E-state index >= 15 is 0 Å². The van der Waals surface area contributed by atoms with Crippen molar-refractivity contribution in [2.45, 2.75) is 52.2 Å². The normalized spacial score (nSPS) is 20.9. The van der Waals surface area contributed by atoms with Crippen LogP contribution in [0.3, 0.4) is 0 Å². The summed E-state index contributed by atoms with van der Waals surface area (Å²) in [5.41, 5.74) is 2.35. The minimum absolute atomic E-state index is 0.0464. The third-order valence-electron chi connectivity index (χ3n) is 3.81. The number of nitrogens with zero attached hydrogens (tertiary/aromatic N) is 1. The summed E-state index contributed by atoms with van der Waals surface area (Å²) >= 11 is 0. The van der Waals surface area contributed by atoms with E-state index in [0.29, 0.717) is 0 Å². The number of rotatable bonds is 4. The van der Waals surface area contributed by atoms with E-state index in [4.69, 9.17) is 0 Å². The maximum atomic E-state index is 12.3. The van der Waals surface area contributed by atoms with Crippen LogP contribution >= 0.6 is 0 Å². The monoisotopic (exact) mass is 274 g/mol. The molecule has 0 bridgehead atoms. The Labute approximate surface area is 120 Å². The van der Waals surface area contributed by atoms with Crippen LogP contribution in [0.1, 0.15) is 44.4 Å². The molecule has 0 aromatic heterocycles. The molecule has 1 N–H and O–H groups in total. The molecule has 2 unspecified atom stereocenters. The van der Waals surface area contributed by atoms with Crippen molar-refractivity contribution in [3.05, 3.63) is 35.4 Å². The predicted octanol–water partition coefficient (Wildman–Crippen LogP) is 2.18. The molecule has 2 amide bonds. The number of aryl methyl sites for hydroxylation is 1. The maximum Gasteiger partial charge on any atom is 0.247 e. The molecular formula is C16H22N2O2. The molecule has 0 spiro atoms. The van der Waals surface area contributed by atoms with E-state index in [1.54, 1.807) is 0 Å². The van der Waals surface area contributed by atoms with Crippen molar-refractivity contribution in [1.82, 2.24) is 10.2 Å². The zero-order valence-corrected chi connectivity index (χ0v) is 12.5. The highest BCUT2D eigenvalue weighted by molar-refractivity contribution is 6.05. The molecule has 0 saturated carbocycles. The van der Waals surface area contributed by atoms with Gasteiger partial charge >= 0.3 is 0 Å². The van der Waals surface area contributed by atoms with Crippen molar-refractivity contribution < 1.29 is 9.59 Å². The number of imide groups is 1. The van der Waals surface area contributed by atoms with Crippen molar-refractivity contribution in [2.24, 2.45) is 0 Å². The van der Waals surface area contributed by atoms with Crippen molar-refractivity contribution >= 4 is 11.8 Å². The zero-order valence-electron chi connectivity index (χ0n) is 12.5. The fourth-order valence-electron chi connectivity index (χ4n) is 2.79. The van der Waals surface area contributed by atoms with E-state index in [2.05, 4.69) is 24.4 Å². The van der Waals surface area contributed by atoms with Crippen LogP contribution in [0.15, 0.2) is 24.3 Å². The van der Waals surface area contributed by atoms with Gasteiger partial charge in [0.25, 0.3) is 0 Å². The van der Waals surface area contributed by atoms with Crippen molar-refractivity contribution in [3.8, 4) is 0 Å². The van der Waals surface area contributed by atoms with E-state index in [1.165, 1.54) is 10.5 Å². The molecule has 20 heavy (non-hydrogen) atoms. The minimum Gasteiger partial charge on any atom is -0.299 e. The second-order valence-corrected chi connectivity index (χ2v) is 5.70. The Bertz CT molecular complexity index is 525. The second kappa shape index (κ2) is 5.75. The van der Waals surface area contributed by atoms with Gasteiger partial charge < -0.3 is 0 Å². The fraction of sp³-hybridized carbons (Fsp3) is 0.500. The van der Waals surface area contributed by atoms with Crippen LogP contribution in [0, 0.1) is 6.92 Å². The van der Waals surface area contributed by atoms with Gasteiger partial charge in [0.15, 0.2) is 0 Å². The highest BCUT2D eigenvalue weighted by Crippen LogP contribution is 2.22. The third-order valence-corrected chi connectivity index (χ3v) is 3.81. The topological polar surface area (TPSA) is 49.4 Å². The molecule has 1 aliphatic rings. The van der Waals surface area contributed by atoms with Crippen molar-refractivity contribution in [2.75, 3.05) is 0 Å². The Kier molecular flexibility index (Phi) is 4.23. The Morgan fingerprint density at radius 1 is 1.20 bits per heavy atom. The lowest BCUT2D eigenvalue weighted by molar-refractivity contribution is -0.140. The van der Waals surface area contributed by atoms with Gasteiger partial charge in [-0.3, -0.25) is 19.8 Å². The SMILES string of the molecule is Cc1ccccc1C(C)NC1CC(=O)N(C(C)C)C1=O. The summed E-state index contributed by atoms with van der Waals surface area (Å²) in [6.07, 6.45) is 0.257. The molecule has 1 aliphatic heterocycles. The van der Waals surface area contributed by atoms with Gasteiger partial charge in [0, 0.05) is 12.1 Å². The summed E-state index contributed by atoms with van der Waals surface area (Å²) in [7, 11) is 0. The van der Waals surface area contributed by atoms with Crippen LogP contribution in [-0.4, -0.2) is 28.8 Å². The lowest BCUT2D eigenvalue weighted by Crippen LogP contribution is -2.42. The highest BCUT2D eigenvalue weighted by Gasteiger charge is 2.40. The first-order valence-corrected chi connectivity index (χ1v) is 7.09. The van der Waals surface area contributed by atoms with Crippen LogP contribution in [0.2, 0.25) is 0 Å². The largest absolute Gasteiger partial charge is 0.299 e. The Morgan fingerprint density at radius 3 is 2.40 bits per heavy atom. The number of carbonyl (C=O) groups is 2. The second-order valence-electron chi connectivity index (χ2n) is 5.70. The number of amides is 2. The molecule has 108 valence electrons. The summed E-state index contributed by atoms with van der Waals surface area (Å²) in [4.78, 5) is 25.5. The molecular weight excluding hydrogens is 252 g/mol. The molecule has 1 fully saturated rings. The molecule has 2 atom stereocenters. The van der Waals surface area contributed by atoms with Gasteiger partial charge in [0.2, 0.25) is 11.8 Å². The van der Waals surface area contributed by atoms with Gasteiger partial charge in [0.1, 0.15) is 0 Å². The smallest absolute Gasteiger partial charge is 0.247 e. The van der Waals surface area contributed by atoms with Crippen molar-refractivity contribution in [1.29, 1.82) is 0 Å². The summed E-state index contributed by atoms with van der Waals surface area (Å²) < 4.78 is 0. The van der Waals surface area contributed by atoms with Gasteiger partial charge in [0.05, 0.1) is 12.5 Å². The van der Waals surface area contributed by atoms with E-state index in [1.807, 2.05) is 32.9 Å². The Balaban J connectivity index is 2.10. The van der Waals surface area contributed by atoms with E-state index in [9.17, 15) is 9.59 Å². The van der Waals surface area contributed by atoms with Crippen LogP contribution in [0.25, 0.3) is 0 Å². The molecule has 2 rings (SSSR count). The molecule has 0 aliphatic carbocycles. The molecule has 0 radical (unpaired) electrons. The molecule has 1 aromatic carbocycles. The molecule has 1 heterocycles. The number of likely N-dealkylation sites (tertiary alicyclic amines) is 1. The fourth-order valence-corrected chi connectivity index (χ4v) is 2.79. The minimum atomic E-state index is -0.403. The summed E-state index contributed by atoms with van der Waals surface area (Å²) in [6.45, 7) is 7.81. The molecule has 4 heteroatoms. The van der Waals surface area contributed by atoms with E-state index in [-0.39, 0.29) is 30.3 Å². The van der Waals surface area contributed by atoms with Crippen LogP contribution in [0.4, 0.5) is 0 Å². The summed E-state index contributed by atoms with van der Waals surface area (Å²) in [6, 6.07) is 7.66.